The summed E-state index contributed by atoms with van der Waals surface area (Å²) in [4.78, 5) is 10.5. The molecule has 6 heteroatoms. The van der Waals surface area contributed by atoms with Gasteiger partial charge in [-0.05, 0) is 13.8 Å². The molecule has 1 rings (SSSR count). The average molecular weight is 184 g/mol. The summed E-state index contributed by atoms with van der Waals surface area (Å²) < 4.78 is 1.61. The summed E-state index contributed by atoms with van der Waals surface area (Å²) in [7, 11) is 0. The second kappa shape index (κ2) is 3.53. The van der Waals surface area contributed by atoms with Gasteiger partial charge in [0.15, 0.2) is 0 Å². The number of nitrogens with two attached hydrogens (primary N) is 1. The normalized spacial score (nSPS) is 12.8. The molecule has 1 unspecified atom stereocenters. The molecule has 72 valence electrons. The predicted octanol–water partition coefficient (Wildman–Crippen LogP) is -0.309. The topological polar surface area (TPSA) is 94.0 Å². The number of hydrogen-bond donors (Lipinski definition) is 2. The summed E-state index contributed by atoms with van der Waals surface area (Å²) in [5, 5.41) is 16.1. The van der Waals surface area contributed by atoms with Crippen LogP contribution in [0.3, 0.4) is 0 Å². The van der Waals surface area contributed by atoms with E-state index < -0.39 is 12.0 Å². The number of rotatable bonds is 3. The first-order valence-electron chi connectivity index (χ1n) is 3.96. The third-order valence-corrected chi connectivity index (χ3v) is 1.88. The minimum absolute atomic E-state index is 0.328. The number of aliphatic carboxylic acids is 1. The van der Waals surface area contributed by atoms with E-state index in [1.165, 1.54) is 0 Å². The van der Waals surface area contributed by atoms with E-state index in [9.17, 15) is 4.79 Å². The van der Waals surface area contributed by atoms with Gasteiger partial charge in [0, 0.05) is 6.54 Å². The van der Waals surface area contributed by atoms with Crippen LogP contribution in [0.5, 0.6) is 0 Å². The second-order valence-electron chi connectivity index (χ2n) is 2.69. The smallest absolute Gasteiger partial charge is 0.326 e. The number of hydrogen-bond acceptors (Lipinski definition) is 4. The molecule has 1 aromatic rings. The fourth-order valence-electron chi connectivity index (χ4n) is 1.08. The number of nitrogens with zero attached hydrogens (tertiary/aromatic N) is 3. The molecule has 0 aliphatic heterocycles. The van der Waals surface area contributed by atoms with Gasteiger partial charge in [0.1, 0.15) is 11.7 Å². The molecular weight excluding hydrogens is 172 g/mol. The molecule has 3 N–H and O–H groups in total. The molecule has 0 aliphatic carbocycles. The zero-order chi connectivity index (χ0) is 10.0. The summed E-state index contributed by atoms with van der Waals surface area (Å²) in [5.41, 5.74) is 6.43. The van der Waals surface area contributed by atoms with Gasteiger partial charge in [0.2, 0.25) is 0 Å². The number of aryl methyl sites for hydroxylation is 1. The van der Waals surface area contributed by atoms with Crippen molar-refractivity contribution in [2.45, 2.75) is 26.4 Å². The van der Waals surface area contributed by atoms with Crippen LogP contribution >= 0.6 is 0 Å². The number of carbonyl (C=O) groups is 1. The van der Waals surface area contributed by atoms with Gasteiger partial charge in [-0.1, -0.05) is 5.21 Å². The highest BCUT2D eigenvalue weighted by Gasteiger charge is 2.21. The van der Waals surface area contributed by atoms with Gasteiger partial charge in [0.05, 0.1) is 5.69 Å². The lowest BCUT2D eigenvalue weighted by Gasteiger charge is -2.03. The first-order valence-corrected chi connectivity index (χ1v) is 3.96. The van der Waals surface area contributed by atoms with Crippen molar-refractivity contribution in [2.24, 2.45) is 5.73 Å². The zero-order valence-electron chi connectivity index (χ0n) is 7.56. The Labute approximate surface area is 75.3 Å². The van der Waals surface area contributed by atoms with Crippen LogP contribution in [0, 0.1) is 6.92 Å². The van der Waals surface area contributed by atoms with Crippen LogP contribution in [0.2, 0.25) is 0 Å². The standard InChI is InChI=1S/C7H12N4O2/c1-3-11-4(2)6(9-10-11)5(8)7(12)13/h5H,3,8H2,1-2H3,(H,12,13). The molecule has 1 atom stereocenters. The van der Waals surface area contributed by atoms with E-state index in [2.05, 4.69) is 10.3 Å². The minimum Gasteiger partial charge on any atom is -0.480 e. The average Bonchev–Trinajstić information content (AvgIpc) is 2.45. The highest BCUT2D eigenvalue weighted by atomic mass is 16.4. The Kier molecular flexibility index (Phi) is 2.62. The van der Waals surface area contributed by atoms with Crippen LogP contribution in [-0.2, 0) is 11.3 Å². The van der Waals surface area contributed by atoms with Gasteiger partial charge < -0.3 is 10.8 Å². The first-order chi connectivity index (χ1) is 6.07. The Morgan fingerprint density at radius 2 is 2.38 bits per heavy atom. The summed E-state index contributed by atoms with van der Waals surface area (Å²) in [6, 6.07) is -1.08. The molecule has 1 heterocycles. The minimum atomic E-state index is -1.09. The molecule has 13 heavy (non-hydrogen) atoms. The Morgan fingerprint density at radius 1 is 1.77 bits per heavy atom. The van der Waals surface area contributed by atoms with Crippen molar-refractivity contribution in [1.29, 1.82) is 0 Å². The summed E-state index contributed by atoms with van der Waals surface area (Å²) in [6.07, 6.45) is 0. The molecule has 0 bridgehead atoms. The maximum atomic E-state index is 10.5. The molecule has 0 aliphatic rings. The maximum Gasteiger partial charge on any atom is 0.326 e. The van der Waals surface area contributed by atoms with Crippen molar-refractivity contribution in [1.82, 2.24) is 15.0 Å². The van der Waals surface area contributed by atoms with Gasteiger partial charge in [-0.3, -0.25) is 4.79 Å². The lowest BCUT2D eigenvalue weighted by molar-refractivity contribution is -0.138. The van der Waals surface area contributed by atoms with Crippen molar-refractivity contribution >= 4 is 5.97 Å². The fraction of sp³-hybridized carbons (Fsp3) is 0.571. The fourth-order valence-corrected chi connectivity index (χ4v) is 1.08. The number of aromatic nitrogens is 3. The second-order valence-corrected chi connectivity index (χ2v) is 2.69. The number of carboxylic acid groups (broad SMARTS) is 1. The van der Waals surface area contributed by atoms with E-state index in [0.717, 1.165) is 0 Å². The molecule has 0 saturated carbocycles. The Morgan fingerprint density at radius 3 is 2.77 bits per heavy atom. The van der Waals surface area contributed by atoms with Gasteiger partial charge in [-0.2, -0.15) is 0 Å². The van der Waals surface area contributed by atoms with Crippen LogP contribution in [-0.4, -0.2) is 26.1 Å². The molecule has 0 aromatic carbocycles. The monoisotopic (exact) mass is 184 g/mol. The van der Waals surface area contributed by atoms with Crippen molar-refractivity contribution < 1.29 is 9.90 Å². The van der Waals surface area contributed by atoms with E-state index >= 15 is 0 Å². The molecule has 0 amide bonds. The molecule has 0 saturated heterocycles. The summed E-state index contributed by atoms with van der Waals surface area (Å²) >= 11 is 0. The van der Waals surface area contributed by atoms with E-state index in [-0.39, 0.29) is 0 Å². The van der Waals surface area contributed by atoms with Crippen LogP contribution in [0.4, 0.5) is 0 Å². The lowest BCUT2D eigenvalue weighted by atomic mass is 10.2. The van der Waals surface area contributed by atoms with Crippen LogP contribution in [0.1, 0.15) is 24.4 Å². The lowest BCUT2D eigenvalue weighted by Crippen LogP contribution is -2.22. The largest absolute Gasteiger partial charge is 0.480 e. The highest BCUT2D eigenvalue weighted by Crippen LogP contribution is 2.11. The third kappa shape index (κ3) is 1.67. The van der Waals surface area contributed by atoms with Gasteiger partial charge in [0.25, 0.3) is 0 Å². The van der Waals surface area contributed by atoms with Crippen LogP contribution < -0.4 is 5.73 Å². The van der Waals surface area contributed by atoms with E-state index in [4.69, 9.17) is 10.8 Å². The van der Waals surface area contributed by atoms with Gasteiger partial charge in [-0.15, -0.1) is 5.10 Å². The third-order valence-electron chi connectivity index (χ3n) is 1.88. The quantitative estimate of drug-likeness (QED) is 0.672. The number of carboxylic acids is 1. The van der Waals surface area contributed by atoms with Gasteiger partial charge >= 0.3 is 5.97 Å². The van der Waals surface area contributed by atoms with Crippen molar-refractivity contribution in [3.05, 3.63) is 11.4 Å². The molecule has 0 radical (unpaired) electrons. The Hall–Kier alpha value is -1.43. The first kappa shape index (κ1) is 9.66. The zero-order valence-corrected chi connectivity index (χ0v) is 7.56. The van der Waals surface area contributed by atoms with E-state index in [1.807, 2.05) is 6.92 Å². The maximum absolute atomic E-state index is 10.5. The van der Waals surface area contributed by atoms with E-state index in [0.29, 0.717) is 17.9 Å². The SMILES string of the molecule is CCn1nnc(C(N)C(=O)O)c1C. The summed E-state index contributed by atoms with van der Waals surface area (Å²) in [5.74, 6) is -1.09. The van der Waals surface area contributed by atoms with Gasteiger partial charge in [-0.25, -0.2) is 4.68 Å². The summed E-state index contributed by atoms with van der Waals surface area (Å²) in [6.45, 7) is 4.31. The van der Waals surface area contributed by atoms with Crippen LogP contribution in [0.15, 0.2) is 0 Å². The van der Waals surface area contributed by atoms with E-state index in [1.54, 1.807) is 11.6 Å². The molecule has 0 fully saturated rings. The van der Waals surface area contributed by atoms with Crippen molar-refractivity contribution in [3.63, 3.8) is 0 Å². The van der Waals surface area contributed by atoms with Crippen LogP contribution in [0.25, 0.3) is 0 Å². The van der Waals surface area contributed by atoms with Crippen molar-refractivity contribution in [3.8, 4) is 0 Å². The molecule has 0 spiro atoms. The molecular formula is C7H12N4O2. The predicted molar refractivity (Wildman–Crippen MR) is 45.0 cm³/mol. The Bertz CT molecular complexity index is 320. The Balaban J connectivity index is 3.02. The highest BCUT2D eigenvalue weighted by molar-refractivity contribution is 5.74. The van der Waals surface area contributed by atoms with Crippen molar-refractivity contribution in [2.75, 3.05) is 0 Å². The molecule has 6 nitrogen and oxygen atoms in total. The molecule has 1 aromatic heterocycles.